The van der Waals surface area contributed by atoms with Gasteiger partial charge >= 0.3 is 0 Å². The summed E-state index contributed by atoms with van der Waals surface area (Å²) >= 11 is 0. The first-order chi connectivity index (χ1) is 4.13. The van der Waals surface area contributed by atoms with E-state index in [2.05, 4.69) is 26.8 Å². The Morgan fingerprint density at radius 3 is 1.75 bits per heavy atom. The van der Waals surface area contributed by atoms with E-state index in [1.807, 2.05) is 0 Å². The molecule has 0 spiro atoms. The quantitative estimate of drug-likeness (QED) is 0.459. The van der Waals surface area contributed by atoms with Crippen molar-refractivity contribution in [2.24, 2.45) is 5.92 Å². The Morgan fingerprint density at radius 1 is 1.25 bits per heavy atom. The number of hydrogen-bond donors (Lipinski definition) is 0. The van der Waals surface area contributed by atoms with Crippen LogP contribution in [0.2, 0.25) is 0 Å². The second kappa shape index (κ2) is 7.40. The Bertz CT molecular complexity index is 199. The normalized spacial score (nSPS) is 20.6. The molecule has 0 amide bonds. The van der Waals surface area contributed by atoms with Crippen LogP contribution < -0.4 is 0 Å². The van der Waals surface area contributed by atoms with Crippen molar-refractivity contribution in [3.8, 4) is 0 Å². The predicted molar refractivity (Wildman–Crippen MR) is 58.7 cm³/mol. The minimum absolute atomic E-state index is 0. The molecule has 0 radical (unpaired) electrons. The molecule has 0 saturated heterocycles. The van der Waals surface area contributed by atoms with E-state index >= 15 is 0 Å². The molecule has 0 aliphatic heterocycles. The average Bonchev–Trinajstić information content (AvgIpc) is 1.98. The van der Waals surface area contributed by atoms with Crippen molar-refractivity contribution in [3.63, 3.8) is 0 Å². The largest absolute Gasteiger partial charge is 0.271 e. The molecule has 1 atom stereocenters. The maximum atomic E-state index is 3.42. The van der Waals surface area contributed by atoms with Crippen LogP contribution in [0.4, 0.5) is 0 Å². The second-order valence-corrected chi connectivity index (χ2v) is 3.80. The van der Waals surface area contributed by atoms with Crippen LogP contribution in [0.15, 0.2) is 16.3 Å². The van der Waals surface area contributed by atoms with Crippen LogP contribution >= 0.6 is 24.8 Å². The van der Waals surface area contributed by atoms with Crippen LogP contribution in [0.1, 0.15) is 20.8 Å². The van der Waals surface area contributed by atoms with Gasteiger partial charge in [-0.25, -0.2) is 10.8 Å². The Labute approximate surface area is 105 Å². The summed E-state index contributed by atoms with van der Waals surface area (Å²) in [6.07, 6.45) is 3.42. The van der Waals surface area contributed by atoms with Crippen LogP contribution in [-0.2, 0) is 21.7 Å². The molecule has 1 unspecified atom stereocenters. The van der Waals surface area contributed by atoms with E-state index in [0.29, 0.717) is 5.92 Å². The van der Waals surface area contributed by atoms with Crippen LogP contribution in [0.25, 0.3) is 0 Å². The summed E-state index contributed by atoms with van der Waals surface area (Å²) in [4.78, 5) is 0. The summed E-state index contributed by atoms with van der Waals surface area (Å²) in [5.74, 6) is 0.595. The van der Waals surface area contributed by atoms with Crippen molar-refractivity contribution >= 4 is 35.1 Å². The van der Waals surface area contributed by atoms with Gasteiger partial charge in [0.25, 0.3) is 0 Å². The van der Waals surface area contributed by atoms with Gasteiger partial charge in [0, 0.05) is 21.7 Å². The molecule has 1 aliphatic carbocycles. The van der Waals surface area contributed by atoms with Crippen molar-refractivity contribution in [1.82, 2.24) is 0 Å². The van der Waals surface area contributed by atoms with Gasteiger partial charge in [-0.2, -0.15) is 5.57 Å². The van der Waals surface area contributed by atoms with E-state index in [9.17, 15) is 0 Å². The summed E-state index contributed by atoms with van der Waals surface area (Å²) in [5.41, 5.74) is 3.01. The molecule has 4 heteroatoms. The molecular formula is C8H15Cl2SiTi-. The van der Waals surface area contributed by atoms with Crippen molar-refractivity contribution in [2.75, 3.05) is 0 Å². The first-order valence-corrected chi connectivity index (χ1v) is 4.40. The van der Waals surface area contributed by atoms with Crippen LogP contribution in [0, 0.1) is 12.0 Å². The first-order valence-electron chi connectivity index (χ1n) is 3.40. The number of hydrogen-bond acceptors (Lipinski definition) is 0. The van der Waals surface area contributed by atoms with Crippen molar-refractivity contribution < 1.29 is 21.7 Å². The fourth-order valence-corrected chi connectivity index (χ4v) is 1.99. The van der Waals surface area contributed by atoms with E-state index in [1.54, 1.807) is 0 Å². The molecule has 70 valence electrons. The van der Waals surface area contributed by atoms with Crippen LogP contribution in [0.3, 0.4) is 0 Å². The Balaban J connectivity index is -0.000000270. The van der Waals surface area contributed by atoms with E-state index < -0.39 is 0 Å². The van der Waals surface area contributed by atoms with Gasteiger partial charge in [0.15, 0.2) is 0 Å². The zero-order valence-corrected chi connectivity index (χ0v) is 13.1. The SMILES string of the molecule is CC1=C(C)C(C)[C-]=C1[SiH3].Cl.Cl.[Ti]. The Hall–Kier alpha value is 0.991. The maximum absolute atomic E-state index is 3.42. The molecule has 1 rings (SSSR count). The fraction of sp³-hybridized carbons (Fsp3) is 0.500. The van der Waals surface area contributed by atoms with Gasteiger partial charge in [0.05, 0.1) is 0 Å². The topological polar surface area (TPSA) is 0 Å². The molecule has 0 aromatic heterocycles. The summed E-state index contributed by atoms with van der Waals surface area (Å²) in [5, 5.41) is 1.47. The molecule has 0 saturated carbocycles. The number of rotatable bonds is 0. The van der Waals surface area contributed by atoms with E-state index in [-0.39, 0.29) is 46.5 Å². The summed E-state index contributed by atoms with van der Waals surface area (Å²) in [7, 11) is 1.16. The molecule has 1 aliphatic rings. The molecular weight excluding hydrogens is 243 g/mol. The van der Waals surface area contributed by atoms with Gasteiger partial charge in [0.1, 0.15) is 0 Å². The zero-order valence-electron chi connectivity index (χ0n) is 7.89. The van der Waals surface area contributed by atoms with Gasteiger partial charge in [-0.05, 0) is 10.2 Å². The predicted octanol–water partition coefficient (Wildman–Crippen LogP) is 1.87. The molecule has 12 heavy (non-hydrogen) atoms. The molecule has 0 N–H and O–H groups in total. The molecule has 0 aromatic rings. The minimum Gasteiger partial charge on any atom is -0.271 e. The standard InChI is InChI=1S/C8H13Si.2ClH.Ti/c1-5-4-8(9)7(3)6(5)2;;;/h5H,1-3,9H3;2*1H;/q-1;;;. The molecule has 0 aromatic carbocycles. The third-order valence-corrected chi connectivity index (χ3v) is 3.28. The summed E-state index contributed by atoms with van der Waals surface area (Å²) < 4.78 is 0. The zero-order chi connectivity index (χ0) is 7.02. The van der Waals surface area contributed by atoms with Gasteiger partial charge < -0.3 is 0 Å². The smallest absolute Gasteiger partial charge is 0 e. The Kier molecular flexibility index (Phi) is 11.5. The van der Waals surface area contributed by atoms with E-state index in [0.717, 1.165) is 10.2 Å². The average molecular weight is 258 g/mol. The van der Waals surface area contributed by atoms with Crippen molar-refractivity contribution in [1.29, 1.82) is 0 Å². The second-order valence-electron chi connectivity index (χ2n) is 2.80. The van der Waals surface area contributed by atoms with Crippen molar-refractivity contribution in [3.05, 3.63) is 22.4 Å². The monoisotopic (exact) mass is 257 g/mol. The molecule has 0 fully saturated rings. The van der Waals surface area contributed by atoms with Crippen LogP contribution in [0.5, 0.6) is 0 Å². The van der Waals surface area contributed by atoms with Gasteiger partial charge in [0.2, 0.25) is 0 Å². The third-order valence-electron chi connectivity index (χ3n) is 2.24. The molecule has 0 bridgehead atoms. The van der Waals surface area contributed by atoms with Crippen LogP contribution in [-0.4, -0.2) is 10.2 Å². The minimum atomic E-state index is 0. The first kappa shape index (κ1) is 18.7. The Morgan fingerprint density at radius 2 is 1.67 bits per heavy atom. The molecule has 0 heterocycles. The van der Waals surface area contributed by atoms with E-state index in [4.69, 9.17) is 0 Å². The summed E-state index contributed by atoms with van der Waals surface area (Å²) in [6, 6.07) is 0. The third kappa shape index (κ3) is 3.80. The summed E-state index contributed by atoms with van der Waals surface area (Å²) in [6.45, 7) is 6.62. The van der Waals surface area contributed by atoms with Crippen molar-refractivity contribution in [2.45, 2.75) is 20.8 Å². The van der Waals surface area contributed by atoms with E-state index in [1.165, 1.54) is 16.3 Å². The number of allylic oxidation sites excluding steroid dienone is 4. The fourth-order valence-electron chi connectivity index (χ4n) is 1.16. The molecule has 0 nitrogen and oxygen atoms in total. The van der Waals surface area contributed by atoms with Gasteiger partial charge in [-0.3, -0.25) is 6.08 Å². The van der Waals surface area contributed by atoms with Gasteiger partial charge in [-0.15, -0.1) is 31.7 Å². The number of halogens is 2. The van der Waals surface area contributed by atoms with Gasteiger partial charge in [-0.1, -0.05) is 19.8 Å². The maximum Gasteiger partial charge on any atom is 0 e.